The molecule has 1 aromatic carbocycles. The Bertz CT molecular complexity index is 232. The highest BCUT2D eigenvalue weighted by atomic mass is 31.1. The molecule has 0 aliphatic carbocycles. The Labute approximate surface area is 80.5 Å². The second kappa shape index (κ2) is 7.90. The van der Waals surface area contributed by atoms with Crippen molar-refractivity contribution >= 4 is 13.3 Å². The smallest absolute Gasteiger partial charge is 0.156 e. The van der Waals surface area contributed by atoms with Crippen molar-refractivity contribution in [1.29, 1.82) is 0 Å². The Hall–Kier alpha value is -0.720. The Morgan fingerprint density at radius 3 is 1.85 bits per heavy atom. The van der Waals surface area contributed by atoms with E-state index in [1.807, 2.05) is 6.07 Å². The Kier molecular flexibility index (Phi) is 7.47. The first kappa shape index (κ1) is 12.3. The highest BCUT2D eigenvalue weighted by molar-refractivity contribution is 7.47. The van der Waals surface area contributed by atoms with E-state index in [4.69, 9.17) is 4.89 Å². The molecule has 0 aliphatic heterocycles. The molecule has 0 aromatic heterocycles. The first-order chi connectivity index (χ1) is 6.22. The molecule has 1 unspecified atom stereocenters. The minimum absolute atomic E-state index is 0.479. The standard InChI is InChI=1S/C6H5O2P.C4H10/c7-9(8)6-4-2-1-3-5-6;1-3-4-2/h1-5H;3-4H2,1-2H3/p+1. The molecular formula is C10H16O2P+. The summed E-state index contributed by atoms with van der Waals surface area (Å²) in [5, 5.41) is 0.479. The van der Waals surface area contributed by atoms with E-state index in [1.165, 1.54) is 12.8 Å². The second-order valence-corrected chi connectivity index (χ2v) is 3.67. The molecular weight excluding hydrogens is 183 g/mol. The lowest BCUT2D eigenvalue weighted by atomic mass is 10.4. The highest BCUT2D eigenvalue weighted by Crippen LogP contribution is 2.10. The quantitative estimate of drug-likeness (QED) is 0.743. The normalized spacial score (nSPS) is 9.92. The van der Waals surface area contributed by atoms with Crippen molar-refractivity contribution in [2.24, 2.45) is 0 Å². The summed E-state index contributed by atoms with van der Waals surface area (Å²) in [5.74, 6) is 0. The molecule has 0 aliphatic rings. The van der Waals surface area contributed by atoms with Crippen LogP contribution in [-0.4, -0.2) is 4.89 Å². The second-order valence-electron chi connectivity index (χ2n) is 2.61. The highest BCUT2D eigenvalue weighted by Gasteiger charge is 2.12. The predicted octanol–water partition coefficient (Wildman–Crippen LogP) is 2.85. The van der Waals surface area contributed by atoms with Crippen molar-refractivity contribution in [2.45, 2.75) is 26.7 Å². The summed E-state index contributed by atoms with van der Waals surface area (Å²) in [6.45, 7) is 4.36. The number of rotatable bonds is 2. The van der Waals surface area contributed by atoms with Gasteiger partial charge < -0.3 is 0 Å². The van der Waals surface area contributed by atoms with E-state index in [9.17, 15) is 4.57 Å². The van der Waals surface area contributed by atoms with Crippen molar-refractivity contribution in [3.63, 3.8) is 0 Å². The first-order valence-corrected chi connectivity index (χ1v) is 5.64. The van der Waals surface area contributed by atoms with Crippen LogP contribution in [0.5, 0.6) is 0 Å². The Morgan fingerprint density at radius 2 is 1.62 bits per heavy atom. The lowest BCUT2D eigenvalue weighted by molar-refractivity contribution is 0.513. The van der Waals surface area contributed by atoms with E-state index in [0.29, 0.717) is 5.30 Å². The van der Waals surface area contributed by atoms with Crippen LogP contribution < -0.4 is 5.30 Å². The maximum atomic E-state index is 10.3. The largest absolute Gasteiger partial charge is 0.546 e. The number of hydrogen-bond acceptors (Lipinski definition) is 1. The summed E-state index contributed by atoms with van der Waals surface area (Å²) in [7, 11) is -2.15. The van der Waals surface area contributed by atoms with Crippen LogP contribution in [0.1, 0.15) is 26.7 Å². The minimum Gasteiger partial charge on any atom is -0.156 e. The zero-order valence-corrected chi connectivity index (χ0v) is 9.00. The summed E-state index contributed by atoms with van der Waals surface area (Å²) < 4.78 is 10.3. The van der Waals surface area contributed by atoms with Gasteiger partial charge in [0.15, 0.2) is 0 Å². The fraction of sp³-hybridized carbons (Fsp3) is 0.400. The van der Waals surface area contributed by atoms with Crippen LogP contribution in [0, 0.1) is 0 Å². The molecule has 0 bridgehead atoms. The fourth-order valence-corrected chi connectivity index (χ4v) is 0.983. The molecule has 1 atom stereocenters. The topological polar surface area (TPSA) is 37.3 Å². The molecule has 13 heavy (non-hydrogen) atoms. The van der Waals surface area contributed by atoms with Gasteiger partial charge in [0.1, 0.15) is 0 Å². The molecule has 0 amide bonds. The molecule has 0 heterocycles. The van der Waals surface area contributed by atoms with E-state index in [0.717, 1.165) is 0 Å². The molecule has 1 rings (SSSR count). The van der Waals surface area contributed by atoms with Gasteiger partial charge in [-0.15, -0.1) is 0 Å². The van der Waals surface area contributed by atoms with E-state index < -0.39 is 8.03 Å². The van der Waals surface area contributed by atoms with Crippen LogP contribution in [0.4, 0.5) is 0 Å². The summed E-state index contributed by atoms with van der Waals surface area (Å²) >= 11 is 0. The summed E-state index contributed by atoms with van der Waals surface area (Å²) in [4.78, 5) is 8.53. The van der Waals surface area contributed by atoms with Gasteiger partial charge in [0.25, 0.3) is 0 Å². The lowest BCUT2D eigenvalue weighted by Crippen LogP contribution is -1.91. The van der Waals surface area contributed by atoms with Crippen molar-refractivity contribution in [3.8, 4) is 0 Å². The van der Waals surface area contributed by atoms with Crippen LogP contribution in [-0.2, 0) is 4.57 Å². The molecule has 0 saturated heterocycles. The van der Waals surface area contributed by atoms with Gasteiger partial charge in [-0.3, -0.25) is 0 Å². The van der Waals surface area contributed by atoms with Gasteiger partial charge in [-0.1, -0.05) is 44.9 Å². The maximum absolute atomic E-state index is 10.3. The molecule has 0 spiro atoms. The monoisotopic (exact) mass is 199 g/mol. The van der Waals surface area contributed by atoms with E-state index in [1.54, 1.807) is 24.3 Å². The third kappa shape index (κ3) is 6.44. The van der Waals surface area contributed by atoms with E-state index in [2.05, 4.69) is 13.8 Å². The van der Waals surface area contributed by atoms with Gasteiger partial charge in [-0.25, -0.2) is 0 Å². The van der Waals surface area contributed by atoms with Crippen LogP contribution >= 0.6 is 8.03 Å². The average molecular weight is 199 g/mol. The van der Waals surface area contributed by atoms with Crippen molar-refractivity contribution in [2.75, 3.05) is 0 Å². The van der Waals surface area contributed by atoms with Gasteiger partial charge in [0.2, 0.25) is 5.30 Å². The molecule has 1 N–H and O–H groups in total. The number of unbranched alkanes of at least 4 members (excludes halogenated alkanes) is 1. The first-order valence-electron chi connectivity index (χ1n) is 4.43. The van der Waals surface area contributed by atoms with Crippen LogP contribution in [0.3, 0.4) is 0 Å². The van der Waals surface area contributed by atoms with Gasteiger partial charge >= 0.3 is 8.03 Å². The summed E-state index contributed by atoms with van der Waals surface area (Å²) in [6, 6.07) is 8.53. The van der Waals surface area contributed by atoms with Gasteiger partial charge in [0, 0.05) is 0 Å². The zero-order valence-electron chi connectivity index (χ0n) is 8.10. The van der Waals surface area contributed by atoms with Gasteiger partial charge in [-0.2, -0.15) is 4.89 Å². The fourth-order valence-electron chi connectivity index (χ4n) is 0.556. The third-order valence-corrected chi connectivity index (χ3v) is 2.22. The SMILES string of the molecule is CCCC.O=[P+](O)c1ccccc1. The lowest BCUT2D eigenvalue weighted by Gasteiger charge is -1.77. The Balaban J connectivity index is 0.000000310. The van der Waals surface area contributed by atoms with Gasteiger partial charge in [0.05, 0.1) is 0 Å². The molecule has 2 nitrogen and oxygen atoms in total. The molecule has 0 fully saturated rings. The summed E-state index contributed by atoms with van der Waals surface area (Å²) in [6.07, 6.45) is 2.64. The molecule has 3 heteroatoms. The number of benzene rings is 1. The van der Waals surface area contributed by atoms with Crippen molar-refractivity contribution in [3.05, 3.63) is 30.3 Å². The van der Waals surface area contributed by atoms with Crippen molar-refractivity contribution < 1.29 is 9.46 Å². The van der Waals surface area contributed by atoms with Crippen LogP contribution in [0.25, 0.3) is 0 Å². The third-order valence-electron chi connectivity index (χ3n) is 1.48. The number of hydrogen-bond donors (Lipinski definition) is 1. The van der Waals surface area contributed by atoms with Crippen LogP contribution in [0.2, 0.25) is 0 Å². The predicted molar refractivity (Wildman–Crippen MR) is 56.5 cm³/mol. The molecule has 0 saturated carbocycles. The molecule has 72 valence electrons. The summed E-state index contributed by atoms with van der Waals surface area (Å²) in [5.41, 5.74) is 0. The molecule has 0 radical (unpaired) electrons. The zero-order chi connectivity index (χ0) is 10.1. The Morgan fingerprint density at radius 1 is 1.15 bits per heavy atom. The van der Waals surface area contributed by atoms with E-state index in [-0.39, 0.29) is 0 Å². The van der Waals surface area contributed by atoms with E-state index >= 15 is 0 Å². The minimum atomic E-state index is -2.15. The van der Waals surface area contributed by atoms with Gasteiger partial charge in [-0.05, 0) is 16.7 Å². The average Bonchev–Trinajstić information content (AvgIpc) is 2.19. The molecule has 1 aromatic rings. The maximum Gasteiger partial charge on any atom is 0.546 e. The van der Waals surface area contributed by atoms with Crippen molar-refractivity contribution in [1.82, 2.24) is 0 Å². The van der Waals surface area contributed by atoms with Crippen LogP contribution in [0.15, 0.2) is 30.3 Å².